The van der Waals surface area contributed by atoms with Gasteiger partial charge in [0, 0.05) is 20.1 Å². The number of hydrogen-bond acceptors (Lipinski definition) is 3. The highest BCUT2D eigenvalue weighted by Crippen LogP contribution is 2.00. The molecule has 2 N–H and O–H groups in total. The Balaban J connectivity index is 3.62. The number of nitrogens with one attached hydrogen (secondary N) is 1. The average molecular weight is 217 g/mol. The monoisotopic (exact) mass is 217 g/mol. The molecule has 15 heavy (non-hydrogen) atoms. The molecular weight excluding hydrogens is 198 g/mol. The Morgan fingerprint density at radius 2 is 2.00 bits per heavy atom. The fraction of sp³-hybridized carbons (Fsp3) is 0.800. The maximum absolute atomic E-state index is 11.2. The molecule has 0 aliphatic carbocycles. The summed E-state index contributed by atoms with van der Waals surface area (Å²) in [5.41, 5.74) is 0. The van der Waals surface area contributed by atoms with Crippen LogP contribution >= 0.6 is 0 Å². The highest BCUT2D eigenvalue weighted by atomic mass is 16.5. The van der Waals surface area contributed by atoms with Crippen molar-refractivity contribution in [2.24, 2.45) is 5.92 Å². The first kappa shape index (κ1) is 13.9. The number of carboxylic acids is 1. The van der Waals surface area contributed by atoms with Crippen molar-refractivity contribution < 1.29 is 19.4 Å². The lowest BCUT2D eigenvalue weighted by molar-refractivity contribution is -0.141. The first-order valence-corrected chi connectivity index (χ1v) is 4.99. The molecule has 0 aromatic carbocycles. The van der Waals surface area contributed by atoms with Gasteiger partial charge in [-0.05, 0) is 13.3 Å². The number of methoxy groups -OCH3 is 1. The first-order valence-electron chi connectivity index (χ1n) is 4.99. The second-order valence-corrected chi connectivity index (χ2v) is 3.63. The smallest absolute Gasteiger partial charge is 0.308 e. The van der Waals surface area contributed by atoms with Crippen molar-refractivity contribution in [2.75, 3.05) is 13.7 Å². The molecule has 0 saturated heterocycles. The minimum Gasteiger partial charge on any atom is -0.481 e. The second kappa shape index (κ2) is 7.23. The Morgan fingerprint density at radius 1 is 1.40 bits per heavy atom. The van der Waals surface area contributed by atoms with E-state index in [2.05, 4.69) is 5.32 Å². The molecule has 0 heterocycles. The molecule has 0 bridgehead atoms. The zero-order valence-electron chi connectivity index (χ0n) is 9.45. The molecule has 0 radical (unpaired) electrons. The molecule has 2 unspecified atom stereocenters. The van der Waals surface area contributed by atoms with E-state index in [1.165, 1.54) is 0 Å². The van der Waals surface area contributed by atoms with Crippen molar-refractivity contribution in [1.82, 2.24) is 5.32 Å². The van der Waals surface area contributed by atoms with Gasteiger partial charge in [-0.1, -0.05) is 6.92 Å². The number of ether oxygens (including phenoxy) is 1. The van der Waals surface area contributed by atoms with Crippen LogP contribution in [-0.2, 0) is 14.3 Å². The van der Waals surface area contributed by atoms with Gasteiger partial charge < -0.3 is 15.2 Å². The number of carboxylic acid groups (broad SMARTS) is 1. The van der Waals surface area contributed by atoms with Crippen molar-refractivity contribution in [3.63, 3.8) is 0 Å². The zero-order chi connectivity index (χ0) is 11.8. The third-order valence-corrected chi connectivity index (χ3v) is 2.21. The Hall–Kier alpha value is -1.10. The van der Waals surface area contributed by atoms with Gasteiger partial charge in [0.25, 0.3) is 0 Å². The predicted molar refractivity (Wildman–Crippen MR) is 55.5 cm³/mol. The number of aliphatic carboxylic acids is 1. The van der Waals surface area contributed by atoms with Gasteiger partial charge in [-0.15, -0.1) is 0 Å². The summed E-state index contributed by atoms with van der Waals surface area (Å²) in [5.74, 6) is -1.58. The van der Waals surface area contributed by atoms with E-state index in [1.54, 1.807) is 14.0 Å². The fourth-order valence-electron chi connectivity index (χ4n) is 0.895. The van der Waals surface area contributed by atoms with Crippen LogP contribution in [0.25, 0.3) is 0 Å². The molecule has 0 aliphatic heterocycles. The van der Waals surface area contributed by atoms with Crippen molar-refractivity contribution in [3.8, 4) is 0 Å². The van der Waals surface area contributed by atoms with Gasteiger partial charge in [-0.3, -0.25) is 9.59 Å². The van der Waals surface area contributed by atoms with E-state index in [4.69, 9.17) is 9.84 Å². The third-order valence-electron chi connectivity index (χ3n) is 2.21. The van der Waals surface area contributed by atoms with Crippen molar-refractivity contribution in [1.29, 1.82) is 0 Å². The van der Waals surface area contributed by atoms with E-state index in [9.17, 15) is 9.59 Å². The van der Waals surface area contributed by atoms with Crippen molar-refractivity contribution >= 4 is 11.9 Å². The molecule has 0 aromatic heterocycles. The lowest BCUT2D eigenvalue weighted by Crippen LogP contribution is -2.31. The lowest BCUT2D eigenvalue weighted by Gasteiger charge is -2.10. The van der Waals surface area contributed by atoms with Crippen LogP contribution in [0.1, 0.15) is 26.7 Å². The molecule has 2 atom stereocenters. The fourth-order valence-corrected chi connectivity index (χ4v) is 0.895. The normalized spacial score (nSPS) is 14.3. The van der Waals surface area contributed by atoms with Crippen LogP contribution in [0.3, 0.4) is 0 Å². The number of carbonyl (C=O) groups excluding carboxylic acids is 1. The predicted octanol–water partition coefficient (Wildman–Crippen LogP) is 0.638. The molecule has 0 rings (SSSR count). The maximum Gasteiger partial charge on any atom is 0.308 e. The molecule has 88 valence electrons. The number of rotatable bonds is 7. The van der Waals surface area contributed by atoms with E-state index in [0.717, 1.165) is 0 Å². The van der Waals surface area contributed by atoms with Crippen molar-refractivity contribution in [2.45, 2.75) is 32.8 Å². The number of carbonyl (C=O) groups is 2. The minimum atomic E-state index is -0.902. The number of amides is 1. The largest absolute Gasteiger partial charge is 0.481 e. The van der Waals surface area contributed by atoms with Crippen LogP contribution in [0.4, 0.5) is 0 Å². The van der Waals surface area contributed by atoms with Crippen LogP contribution in [-0.4, -0.2) is 36.7 Å². The summed E-state index contributed by atoms with van der Waals surface area (Å²) in [6, 6.07) is 0. The van der Waals surface area contributed by atoms with E-state index in [0.29, 0.717) is 12.8 Å². The zero-order valence-corrected chi connectivity index (χ0v) is 9.45. The van der Waals surface area contributed by atoms with Gasteiger partial charge in [0.2, 0.25) is 5.91 Å². The van der Waals surface area contributed by atoms with Gasteiger partial charge >= 0.3 is 5.97 Å². The van der Waals surface area contributed by atoms with Gasteiger partial charge in [-0.2, -0.15) is 0 Å². The maximum atomic E-state index is 11.2. The molecular formula is C10H19NO4. The summed E-state index contributed by atoms with van der Waals surface area (Å²) in [4.78, 5) is 21.7. The minimum absolute atomic E-state index is 0.0487. The van der Waals surface area contributed by atoms with Gasteiger partial charge in [0.1, 0.15) is 0 Å². The summed E-state index contributed by atoms with van der Waals surface area (Å²) >= 11 is 0. The van der Waals surface area contributed by atoms with Crippen LogP contribution < -0.4 is 5.32 Å². The summed E-state index contributed by atoms with van der Waals surface area (Å²) in [5, 5.41) is 11.1. The Labute approximate surface area is 89.8 Å². The van der Waals surface area contributed by atoms with Crippen LogP contribution in [0, 0.1) is 5.92 Å². The molecule has 0 saturated carbocycles. The highest BCUT2D eigenvalue weighted by Gasteiger charge is 2.12. The molecule has 0 fully saturated rings. The summed E-state index contributed by atoms with van der Waals surface area (Å²) in [7, 11) is 1.59. The van der Waals surface area contributed by atoms with E-state index in [1.807, 2.05) is 6.92 Å². The topological polar surface area (TPSA) is 75.6 Å². The molecule has 1 amide bonds. The van der Waals surface area contributed by atoms with Crippen LogP contribution in [0.5, 0.6) is 0 Å². The van der Waals surface area contributed by atoms with Crippen LogP contribution in [0.2, 0.25) is 0 Å². The van der Waals surface area contributed by atoms with E-state index >= 15 is 0 Å². The van der Waals surface area contributed by atoms with Gasteiger partial charge in [0.05, 0.1) is 12.0 Å². The Morgan fingerprint density at radius 3 is 2.47 bits per heavy atom. The second-order valence-electron chi connectivity index (χ2n) is 3.63. The van der Waals surface area contributed by atoms with E-state index < -0.39 is 11.9 Å². The number of hydrogen-bond donors (Lipinski definition) is 2. The molecule has 5 nitrogen and oxygen atoms in total. The first-order chi connectivity index (χ1) is 6.97. The Bertz CT molecular complexity index is 217. The highest BCUT2D eigenvalue weighted by molar-refractivity contribution is 5.77. The molecule has 5 heteroatoms. The molecule has 0 aliphatic rings. The quantitative estimate of drug-likeness (QED) is 0.656. The molecule has 0 spiro atoms. The molecule has 0 aromatic rings. The summed E-state index contributed by atoms with van der Waals surface area (Å²) in [6.45, 7) is 3.61. The van der Waals surface area contributed by atoms with Crippen LogP contribution in [0.15, 0.2) is 0 Å². The lowest BCUT2D eigenvalue weighted by atomic mass is 10.1. The average Bonchev–Trinajstić information content (AvgIpc) is 2.21. The van der Waals surface area contributed by atoms with Gasteiger partial charge in [-0.25, -0.2) is 0 Å². The SMILES string of the molecule is COC(C)CCC(=O)NCC(C)C(=O)O. The third kappa shape index (κ3) is 6.90. The standard InChI is InChI=1S/C10H19NO4/c1-7(10(13)14)6-11-9(12)5-4-8(2)15-3/h7-8H,4-6H2,1-3H3,(H,11,12)(H,13,14). The summed E-state index contributed by atoms with van der Waals surface area (Å²) in [6.07, 6.45) is 1.05. The summed E-state index contributed by atoms with van der Waals surface area (Å²) < 4.78 is 4.99. The van der Waals surface area contributed by atoms with Crippen molar-refractivity contribution in [3.05, 3.63) is 0 Å². The Kier molecular flexibility index (Phi) is 6.70. The van der Waals surface area contributed by atoms with Gasteiger partial charge in [0.15, 0.2) is 0 Å². The van der Waals surface area contributed by atoms with E-state index in [-0.39, 0.29) is 18.6 Å².